The summed E-state index contributed by atoms with van der Waals surface area (Å²) in [6, 6.07) is 18.8. The summed E-state index contributed by atoms with van der Waals surface area (Å²) in [5, 5.41) is 0.548. The first-order valence-electron chi connectivity index (χ1n) is 20.0. The molecule has 0 aliphatic rings. The number of carbonyl (C=O) groups is 3. The molecule has 0 amide bonds. The zero-order chi connectivity index (χ0) is 38.1. The number of hydrogen-bond donors (Lipinski definition) is 0. The molecule has 0 aliphatic heterocycles. The van der Waals surface area contributed by atoms with E-state index in [0.29, 0.717) is 29.5 Å². The van der Waals surface area contributed by atoms with Crippen LogP contribution in [0.2, 0.25) is 5.02 Å². The number of hydrogen-bond acceptors (Lipinski definition) is 7. The summed E-state index contributed by atoms with van der Waals surface area (Å²) in [7, 11) is 0. The lowest BCUT2D eigenvalue weighted by atomic mass is 10.0. The van der Waals surface area contributed by atoms with Crippen molar-refractivity contribution in [3.05, 3.63) is 82.9 Å². The molecule has 0 bridgehead atoms. The second-order valence-electron chi connectivity index (χ2n) is 13.9. The lowest BCUT2D eigenvalue weighted by molar-refractivity contribution is -0.153. The molecule has 7 nitrogen and oxygen atoms in total. The van der Waals surface area contributed by atoms with E-state index in [1.165, 1.54) is 115 Å². The minimum Gasteiger partial charge on any atom is -0.492 e. The molecule has 1 atom stereocenters. The predicted molar refractivity (Wildman–Crippen MR) is 214 cm³/mol. The highest BCUT2D eigenvalue weighted by molar-refractivity contribution is 6.32. The number of carbonyl (C=O) groups excluding carboxylic acids is 3. The Morgan fingerprint density at radius 2 is 1.04 bits per heavy atom. The van der Waals surface area contributed by atoms with Crippen LogP contribution in [-0.4, -0.2) is 37.2 Å². The van der Waals surface area contributed by atoms with Crippen LogP contribution in [-0.2, 0) is 14.3 Å². The molecular weight excluding hydrogens is 688 g/mol. The highest BCUT2D eigenvalue weighted by Gasteiger charge is 2.20. The van der Waals surface area contributed by atoms with Gasteiger partial charge >= 0.3 is 17.9 Å². The van der Waals surface area contributed by atoms with Gasteiger partial charge in [-0.25, -0.2) is 14.4 Å². The summed E-state index contributed by atoms with van der Waals surface area (Å²) in [6.07, 6.45) is 20.9. The first kappa shape index (κ1) is 43.6. The zero-order valence-electron chi connectivity index (χ0n) is 32.3. The van der Waals surface area contributed by atoms with Crippen LogP contribution in [0.1, 0.15) is 157 Å². The molecular formula is C45H61ClO7. The minimum atomic E-state index is -1.03. The molecule has 0 aliphatic carbocycles. The zero-order valence-corrected chi connectivity index (χ0v) is 33.1. The first-order valence-corrected chi connectivity index (χ1v) is 20.4. The normalized spacial score (nSPS) is 11.5. The largest absolute Gasteiger partial charge is 0.492 e. The lowest BCUT2D eigenvalue weighted by Gasteiger charge is -2.13. The van der Waals surface area contributed by atoms with E-state index in [1.807, 2.05) is 30.3 Å². The predicted octanol–water partition coefficient (Wildman–Crippen LogP) is 12.8. The Hall–Kier alpha value is -3.84. The minimum absolute atomic E-state index is 0.228. The third-order valence-corrected chi connectivity index (χ3v) is 9.60. The van der Waals surface area contributed by atoms with Crippen LogP contribution in [0.5, 0.6) is 11.5 Å². The van der Waals surface area contributed by atoms with Crippen molar-refractivity contribution in [1.29, 1.82) is 0 Å². The number of halogens is 1. The maximum atomic E-state index is 12.8. The molecule has 0 saturated heterocycles. The summed E-state index contributed by atoms with van der Waals surface area (Å²) in [5.41, 5.74) is 2.41. The third kappa shape index (κ3) is 17.2. The van der Waals surface area contributed by atoms with Gasteiger partial charge in [0.2, 0.25) is 0 Å². The van der Waals surface area contributed by atoms with E-state index in [-0.39, 0.29) is 11.3 Å². The SMILES string of the molecule is CCCCCCCCCCCCOC(=O)[C@H](C)OC(=O)c1ccc(OC(=O)c2ccc(-c3ccc(OCCCCCCCCCC)c(Cl)c3)cc2)cc1. The monoisotopic (exact) mass is 748 g/mol. The summed E-state index contributed by atoms with van der Waals surface area (Å²) < 4.78 is 22.1. The average molecular weight is 749 g/mol. The molecule has 0 unspecified atom stereocenters. The van der Waals surface area contributed by atoms with Gasteiger partial charge in [0.25, 0.3) is 0 Å². The van der Waals surface area contributed by atoms with Crippen LogP contribution in [0.15, 0.2) is 66.7 Å². The first-order chi connectivity index (χ1) is 25.8. The molecule has 3 rings (SSSR count). The fourth-order valence-corrected chi connectivity index (χ4v) is 6.23. The Labute approximate surface area is 323 Å². The van der Waals surface area contributed by atoms with E-state index in [4.69, 9.17) is 30.5 Å². The topological polar surface area (TPSA) is 88.1 Å². The van der Waals surface area contributed by atoms with Gasteiger partial charge in [0.1, 0.15) is 11.5 Å². The Morgan fingerprint density at radius 1 is 0.566 bits per heavy atom. The molecule has 290 valence electrons. The number of unbranched alkanes of at least 4 members (excludes halogenated alkanes) is 16. The summed E-state index contributed by atoms with van der Waals surface area (Å²) >= 11 is 6.53. The second kappa shape index (κ2) is 26.0. The lowest BCUT2D eigenvalue weighted by Crippen LogP contribution is -2.26. The summed E-state index contributed by atoms with van der Waals surface area (Å²) in [4.78, 5) is 37.8. The van der Waals surface area contributed by atoms with Crippen molar-refractivity contribution >= 4 is 29.5 Å². The molecule has 0 radical (unpaired) electrons. The number of benzene rings is 3. The fourth-order valence-electron chi connectivity index (χ4n) is 6.00. The molecule has 0 heterocycles. The van der Waals surface area contributed by atoms with Crippen LogP contribution in [0.25, 0.3) is 11.1 Å². The van der Waals surface area contributed by atoms with Gasteiger partial charge in [0.15, 0.2) is 6.10 Å². The van der Waals surface area contributed by atoms with Crippen LogP contribution < -0.4 is 9.47 Å². The molecule has 53 heavy (non-hydrogen) atoms. The Balaban J connectivity index is 1.35. The van der Waals surface area contributed by atoms with Crippen molar-refractivity contribution in [2.75, 3.05) is 13.2 Å². The van der Waals surface area contributed by atoms with Crippen molar-refractivity contribution in [3.8, 4) is 22.6 Å². The smallest absolute Gasteiger partial charge is 0.347 e. The molecule has 3 aromatic rings. The standard InChI is InChI=1S/C45H61ClO7/c1-4-6-8-10-12-14-15-17-19-21-33-51-43(47)35(3)52-44(48)38-26-29-40(30-27-38)53-45(49)37-24-22-36(23-25-37)39-28-31-42(41(46)34-39)50-32-20-18-16-13-11-9-7-5-2/h22-31,34-35H,4-21,32-33H2,1-3H3/t35-/m0/s1. The number of rotatable bonds is 27. The van der Waals surface area contributed by atoms with Crippen molar-refractivity contribution in [2.45, 2.75) is 142 Å². The molecule has 0 fully saturated rings. The Kier molecular flexibility index (Phi) is 21.4. The van der Waals surface area contributed by atoms with Crippen molar-refractivity contribution < 1.29 is 33.3 Å². The molecule has 0 N–H and O–H groups in total. The van der Waals surface area contributed by atoms with E-state index in [9.17, 15) is 14.4 Å². The van der Waals surface area contributed by atoms with Gasteiger partial charge in [-0.1, -0.05) is 146 Å². The van der Waals surface area contributed by atoms with Crippen LogP contribution >= 0.6 is 11.6 Å². The van der Waals surface area contributed by atoms with E-state index in [2.05, 4.69) is 13.8 Å². The molecule has 0 spiro atoms. The van der Waals surface area contributed by atoms with Crippen molar-refractivity contribution in [1.82, 2.24) is 0 Å². The van der Waals surface area contributed by atoms with Crippen LogP contribution in [0, 0.1) is 0 Å². The van der Waals surface area contributed by atoms with E-state index in [1.54, 1.807) is 12.1 Å². The molecule has 3 aromatic carbocycles. The highest BCUT2D eigenvalue weighted by Crippen LogP contribution is 2.31. The molecule has 8 heteroatoms. The summed E-state index contributed by atoms with van der Waals surface area (Å²) in [5.74, 6) is -0.818. The highest BCUT2D eigenvalue weighted by atomic mass is 35.5. The van der Waals surface area contributed by atoms with Gasteiger partial charge in [0, 0.05) is 0 Å². The maximum Gasteiger partial charge on any atom is 0.347 e. The molecule has 0 saturated carbocycles. The van der Waals surface area contributed by atoms with Crippen molar-refractivity contribution in [3.63, 3.8) is 0 Å². The average Bonchev–Trinajstić information content (AvgIpc) is 3.17. The Morgan fingerprint density at radius 3 is 1.58 bits per heavy atom. The van der Waals surface area contributed by atoms with E-state index >= 15 is 0 Å². The van der Waals surface area contributed by atoms with Gasteiger partial charge in [0.05, 0.1) is 29.4 Å². The van der Waals surface area contributed by atoms with Gasteiger partial charge in [-0.3, -0.25) is 0 Å². The van der Waals surface area contributed by atoms with Gasteiger partial charge in [-0.15, -0.1) is 0 Å². The van der Waals surface area contributed by atoms with Crippen LogP contribution in [0.4, 0.5) is 0 Å². The quantitative estimate of drug-likeness (QED) is 0.0435. The fraction of sp³-hybridized carbons (Fsp3) is 0.533. The third-order valence-electron chi connectivity index (χ3n) is 9.30. The van der Waals surface area contributed by atoms with Gasteiger partial charge < -0.3 is 18.9 Å². The van der Waals surface area contributed by atoms with E-state index in [0.717, 1.165) is 43.2 Å². The number of esters is 3. The number of ether oxygens (including phenoxy) is 4. The van der Waals surface area contributed by atoms with Gasteiger partial charge in [-0.05, 0) is 79.4 Å². The van der Waals surface area contributed by atoms with Gasteiger partial charge in [-0.2, -0.15) is 0 Å². The van der Waals surface area contributed by atoms with Crippen LogP contribution in [0.3, 0.4) is 0 Å². The maximum absolute atomic E-state index is 12.8. The van der Waals surface area contributed by atoms with E-state index < -0.39 is 24.0 Å². The second-order valence-corrected chi connectivity index (χ2v) is 14.3. The summed E-state index contributed by atoms with van der Waals surface area (Å²) in [6.45, 7) is 6.92. The molecule has 0 aromatic heterocycles. The Bertz CT molecular complexity index is 1490. The van der Waals surface area contributed by atoms with Crippen molar-refractivity contribution in [2.24, 2.45) is 0 Å².